The second-order valence-corrected chi connectivity index (χ2v) is 3.72. The summed E-state index contributed by atoms with van der Waals surface area (Å²) in [5, 5.41) is 8.51. The van der Waals surface area contributed by atoms with Crippen LogP contribution in [0.25, 0.3) is 0 Å². The molecule has 0 aliphatic heterocycles. The Kier molecular flexibility index (Phi) is 13.8. The first-order chi connectivity index (χ1) is 7.41. The van der Waals surface area contributed by atoms with E-state index in [-0.39, 0.29) is 6.61 Å². The molecule has 0 aliphatic carbocycles. The van der Waals surface area contributed by atoms with Crippen LogP contribution in [0.2, 0.25) is 0 Å². The SMILES string of the molecule is CCCCCCOCCCOCCCO. The molecule has 0 radical (unpaired) electrons. The summed E-state index contributed by atoms with van der Waals surface area (Å²) in [4.78, 5) is 0. The van der Waals surface area contributed by atoms with Gasteiger partial charge in [0.2, 0.25) is 0 Å². The summed E-state index contributed by atoms with van der Waals surface area (Å²) in [6, 6.07) is 0. The summed E-state index contributed by atoms with van der Waals surface area (Å²) in [5.74, 6) is 0. The number of unbranched alkanes of at least 4 members (excludes halogenated alkanes) is 3. The van der Waals surface area contributed by atoms with E-state index < -0.39 is 0 Å². The smallest absolute Gasteiger partial charge is 0.0488 e. The first-order valence-corrected chi connectivity index (χ1v) is 6.18. The lowest BCUT2D eigenvalue weighted by Crippen LogP contribution is -2.03. The van der Waals surface area contributed by atoms with Crippen LogP contribution in [0.5, 0.6) is 0 Å². The molecule has 0 aromatic rings. The fraction of sp³-hybridized carbons (Fsp3) is 1.00. The summed E-state index contributed by atoms with van der Waals surface area (Å²) in [7, 11) is 0. The van der Waals surface area contributed by atoms with Crippen molar-refractivity contribution in [1.29, 1.82) is 0 Å². The van der Waals surface area contributed by atoms with Crippen LogP contribution in [0.3, 0.4) is 0 Å². The lowest BCUT2D eigenvalue weighted by molar-refractivity contribution is 0.0749. The molecule has 92 valence electrons. The van der Waals surface area contributed by atoms with Gasteiger partial charge in [-0.15, -0.1) is 0 Å². The number of hydrogen-bond acceptors (Lipinski definition) is 3. The van der Waals surface area contributed by atoms with Gasteiger partial charge in [0.15, 0.2) is 0 Å². The van der Waals surface area contributed by atoms with Crippen molar-refractivity contribution < 1.29 is 14.6 Å². The monoisotopic (exact) mass is 218 g/mol. The zero-order valence-corrected chi connectivity index (χ0v) is 10.0. The van der Waals surface area contributed by atoms with Gasteiger partial charge in [0.05, 0.1) is 0 Å². The Morgan fingerprint density at radius 3 is 1.93 bits per heavy atom. The molecule has 1 N–H and O–H groups in total. The van der Waals surface area contributed by atoms with Gasteiger partial charge in [0, 0.05) is 33.0 Å². The van der Waals surface area contributed by atoms with Gasteiger partial charge in [-0.1, -0.05) is 26.2 Å². The van der Waals surface area contributed by atoms with E-state index >= 15 is 0 Å². The largest absolute Gasteiger partial charge is 0.396 e. The lowest BCUT2D eigenvalue weighted by atomic mass is 10.2. The van der Waals surface area contributed by atoms with E-state index in [1.54, 1.807) is 0 Å². The minimum Gasteiger partial charge on any atom is -0.396 e. The summed E-state index contributed by atoms with van der Waals surface area (Å²) in [6.07, 6.45) is 6.74. The molecule has 0 fully saturated rings. The van der Waals surface area contributed by atoms with E-state index in [9.17, 15) is 0 Å². The van der Waals surface area contributed by atoms with Crippen LogP contribution in [0.1, 0.15) is 45.4 Å². The van der Waals surface area contributed by atoms with Gasteiger partial charge < -0.3 is 14.6 Å². The molecule has 0 bridgehead atoms. The number of aliphatic hydroxyl groups is 1. The predicted octanol–water partition coefficient (Wildman–Crippen LogP) is 2.37. The first-order valence-electron chi connectivity index (χ1n) is 6.18. The third kappa shape index (κ3) is 13.9. The van der Waals surface area contributed by atoms with Gasteiger partial charge >= 0.3 is 0 Å². The van der Waals surface area contributed by atoms with Crippen molar-refractivity contribution in [2.45, 2.75) is 45.4 Å². The maximum absolute atomic E-state index is 8.51. The Morgan fingerprint density at radius 2 is 1.33 bits per heavy atom. The number of aliphatic hydroxyl groups excluding tert-OH is 1. The minimum atomic E-state index is 0.216. The van der Waals surface area contributed by atoms with Gasteiger partial charge in [-0.25, -0.2) is 0 Å². The van der Waals surface area contributed by atoms with Crippen molar-refractivity contribution in [3.05, 3.63) is 0 Å². The molecule has 3 heteroatoms. The van der Waals surface area contributed by atoms with Crippen molar-refractivity contribution in [2.75, 3.05) is 33.0 Å². The summed E-state index contributed by atoms with van der Waals surface area (Å²) in [5.41, 5.74) is 0. The lowest BCUT2D eigenvalue weighted by Gasteiger charge is -2.04. The molecule has 0 unspecified atom stereocenters. The zero-order valence-electron chi connectivity index (χ0n) is 10.0. The Morgan fingerprint density at radius 1 is 0.733 bits per heavy atom. The molecule has 0 aromatic heterocycles. The van der Waals surface area contributed by atoms with Crippen LogP contribution in [0.4, 0.5) is 0 Å². The highest BCUT2D eigenvalue weighted by Gasteiger charge is 1.91. The Labute approximate surface area is 93.8 Å². The molecule has 0 heterocycles. The quantitative estimate of drug-likeness (QED) is 0.511. The standard InChI is InChI=1S/C12H26O3/c1-2-3-4-5-9-14-11-7-12-15-10-6-8-13/h13H,2-12H2,1H3. The Bertz CT molecular complexity index is 95.0. The van der Waals surface area contributed by atoms with Crippen LogP contribution in [0.15, 0.2) is 0 Å². The molecule has 0 saturated carbocycles. The maximum Gasteiger partial charge on any atom is 0.0488 e. The van der Waals surface area contributed by atoms with Gasteiger partial charge in [-0.2, -0.15) is 0 Å². The molecule has 0 atom stereocenters. The number of ether oxygens (including phenoxy) is 2. The van der Waals surface area contributed by atoms with E-state index in [0.717, 1.165) is 32.7 Å². The number of rotatable bonds is 12. The molecule has 0 rings (SSSR count). The molecule has 15 heavy (non-hydrogen) atoms. The molecule has 0 saturated heterocycles. The van der Waals surface area contributed by atoms with Crippen molar-refractivity contribution in [1.82, 2.24) is 0 Å². The maximum atomic E-state index is 8.51. The van der Waals surface area contributed by atoms with E-state index in [2.05, 4.69) is 6.92 Å². The summed E-state index contributed by atoms with van der Waals surface area (Å²) >= 11 is 0. The van der Waals surface area contributed by atoms with Gasteiger partial charge in [-0.05, 0) is 19.3 Å². The van der Waals surface area contributed by atoms with E-state index in [1.807, 2.05) is 0 Å². The van der Waals surface area contributed by atoms with Gasteiger partial charge in [0.1, 0.15) is 0 Å². The molecule has 0 amide bonds. The molecular formula is C12H26O3. The van der Waals surface area contributed by atoms with E-state index in [0.29, 0.717) is 6.61 Å². The van der Waals surface area contributed by atoms with Crippen molar-refractivity contribution in [2.24, 2.45) is 0 Å². The average Bonchev–Trinajstić information content (AvgIpc) is 2.26. The highest BCUT2D eigenvalue weighted by molar-refractivity contribution is 4.40. The van der Waals surface area contributed by atoms with Crippen LogP contribution >= 0.6 is 0 Å². The fourth-order valence-electron chi connectivity index (χ4n) is 1.26. The van der Waals surface area contributed by atoms with Crippen LogP contribution in [-0.2, 0) is 9.47 Å². The molecular weight excluding hydrogens is 192 g/mol. The highest BCUT2D eigenvalue weighted by atomic mass is 16.5. The fourth-order valence-corrected chi connectivity index (χ4v) is 1.26. The summed E-state index contributed by atoms with van der Waals surface area (Å²) in [6.45, 7) is 5.52. The van der Waals surface area contributed by atoms with Crippen molar-refractivity contribution in [3.8, 4) is 0 Å². The zero-order chi connectivity index (χ0) is 11.2. The second-order valence-electron chi connectivity index (χ2n) is 3.72. The molecule has 0 spiro atoms. The second kappa shape index (κ2) is 13.9. The molecule has 0 aliphatic rings. The van der Waals surface area contributed by atoms with Gasteiger partial charge in [0.25, 0.3) is 0 Å². The normalized spacial score (nSPS) is 10.8. The predicted molar refractivity (Wildman–Crippen MR) is 62.1 cm³/mol. The van der Waals surface area contributed by atoms with Crippen LogP contribution in [0, 0.1) is 0 Å². The van der Waals surface area contributed by atoms with Crippen molar-refractivity contribution >= 4 is 0 Å². The minimum absolute atomic E-state index is 0.216. The van der Waals surface area contributed by atoms with E-state index in [1.165, 1.54) is 25.7 Å². The molecule has 0 aromatic carbocycles. The Hall–Kier alpha value is -0.120. The third-order valence-electron chi connectivity index (χ3n) is 2.17. The van der Waals surface area contributed by atoms with Gasteiger partial charge in [-0.3, -0.25) is 0 Å². The Balaban J connectivity index is 2.81. The third-order valence-corrected chi connectivity index (χ3v) is 2.17. The first kappa shape index (κ1) is 14.9. The average molecular weight is 218 g/mol. The van der Waals surface area contributed by atoms with Crippen molar-refractivity contribution in [3.63, 3.8) is 0 Å². The van der Waals surface area contributed by atoms with Crippen LogP contribution < -0.4 is 0 Å². The van der Waals surface area contributed by atoms with E-state index in [4.69, 9.17) is 14.6 Å². The topological polar surface area (TPSA) is 38.7 Å². The number of hydrogen-bond donors (Lipinski definition) is 1. The van der Waals surface area contributed by atoms with Crippen LogP contribution in [-0.4, -0.2) is 38.1 Å². The summed E-state index contributed by atoms with van der Waals surface area (Å²) < 4.78 is 10.7. The molecule has 3 nitrogen and oxygen atoms in total. The highest BCUT2D eigenvalue weighted by Crippen LogP contribution is 1.99.